The maximum Gasteiger partial charge on any atom is 1.00 e. The Hall–Kier alpha value is -5.90. The molecule has 1 unspecified atom stereocenters. The zero-order valence-electron chi connectivity index (χ0n) is 37.2. The van der Waals surface area contributed by atoms with E-state index < -0.39 is 0 Å². The van der Waals surface area contributed by atoms with Crippen LogP contribution in [0, 0.1) is 32.0 Å². The van der Waals surface area contributed by atoms with E-state index in [1.165, 1.54) is 77.9 Å². The van der Waals surface area contributed by atoms with Gasteiger partial charge in [0.15, 0.2) is 0 Å². The van der Waals surface area contributed by atoms with Gasteiger partial charge in [-0.05, 0) is 82.3 Å². The molecule has 0 saturated carbocycles. The van der Waals surface area contributed by atoms with Gasteiger partial charge in [-0.1, -0.05) is 176 Å². The third-order valence-electron chi connectivity index (χ3n) is 12.0. The molecule has 0 N–H and O–H groups in total. The maximum atomic E-state index is 3.96. The summed E-state index contributed by atoms with van der Waals surface area (Å²) in [4.78, 5) is 0. The fourth-order valence-corrected chi connectivity index (χ4v) is 8.99. The summed E-state index contributed by atoms with van der Waals surface area (Å²) in [6, 6.07) is 77.6. The zero-order valence-corrected chi connectivity index (χ0v) is 40.3. The standard InChI is InChI=1S/C31H25.C20H17.C12H9.K/c1-3-12-23(4-2)24-19-21-26(22-20-24)31(25-13-6-5-7-14-25)29-17-10-8-15-27(29)28-16-9-11-18-30(28)31;1-15-8-6-7-11-19(15)20-13-12-18(14-16(20)2)17-9-4-3-5-10-17;1-3-7-11(8-4-1)12-9-5-2-6-10-12;/h3-8,10,12-14,16-22H,1-2,9,11H2;4-14H,1-2H3;1,3-10H;/q3*-1;+1/b23-12+;;;. The summed E-state index contributed by atoms with van der Waals surface area (Å²) >= 11 is 0. The summed E-state index contributed by atoms with van der Waals surface area (Å²) in [6.45, 7) is 12.1. The number of hydrogen-bond acceptors (Lipinski definition) is 0. The minimum Gasteiger partial charge on any atom is -0.184 e. The fraction of sp³-hybridized carbons (Fsp3) is 0.0794. The maximum absolute atomic E-state index is 3.96. The molecular formula is C63H51K-2. The van der Waals surface area contributed by atoms with Crippen molar-refractivity contribution < 1.29 is 51.4 Å². The Labute approximate surface area is 424 Å². The minimum absolute atomic E-state index is 0. The second-order valence-electron chi connectivity index (χ2n) is 15.8. The molecule has 0 bridgehead atoms. The van der Waals surface area contributed by atoms with Gasteiger partial charge < -0.3 is 0 Å². The van der Waals surface area contributed by atoms with Crippen molar-refractivity contribution in [3.05, 3.63) is 300 Å². The fourth-order valence-electron chi connectivity index (χ4n) is 8.99. The summed E-state index contributed by atoms with van der Waals surface area (Å²) in [6.07, 6.45) is 12.7. The second-order valence-corrected chi connectivity index (χ2v) is 15.8. The topological polar surface area (TPSA) is 0 Å². The van der Waals surface area contributed by atoms with E-state index in [1.807, 2.05) is 66.8 Å². The first-order valence-electron chi connectivity index (χ1n) is 21.7. The Bertz CT molecular complexity index is 2860. The third-order valence-corrected chi connectivity index (χ3v) is 12.0. The number of rotatable bonds is 8. The Balaban J connectivity index is 0.000000158. The van der Waals surface area contributed by atoms with Crippen molar-refractivity contribution in [2.24, 2.45) is 0 Å². The van der Waals surface area contributed by atoms with E-state index in [0.717, 1.165) is 24.0 Å². The van der Waals surface area contributed by atoms with E-state index in [9.17, 15) is 0 Å². The molecule has 1 atom stereocenters. The van der Waals surface area contributed by atoms with Crippen LogP contribution in [0.25, 0.3) is 44.5 Å². The van der Waals surface area contributed by atoms with Gasteiger partial charge in [-0.15, -0.1) is 52.6 Å². The normalized spacial score (nSPS) is 14.6. The van der Waals surface area contributed by atoms with Crippen molar-refractivity contribution in [3.63, 3.8) is 0 Å². The molecule has 0 aliphatic heterocycles. The van der Waals surface area contributed by atoms with E-state index in [4.69, 9.17) is 0 Å². The predicted molar refractivity (Wildman–Crippen MR) is 268 cm³/mol. The molecule has 0 aromatic heterocycles. The molecule has 1 heteroatoms. The molecule has 8 aromatic rings. The molecule has 0 saturated heterocycles. The average molecular weight is 847 g/mol. The van der Waals surface area contributed by atoms with Crippen molar-refractivity contribution in [3.8, 4) is 33.4 Å². The van der Waals surface area contributed by atoms with Crippen LogP contribution in [0.15, 0.2) is 243 Å². The van der Waals surface area contributed by atoms with Crippen LogP contribution in [0.2, 0.25) is 0 Å². The van der Waals surface area contributed by atoms with E-state index in [0.29, 0.717) is 0 Å². The molecule has 2 aliphatic carbocycles. The molecule has 64 heavy (non-hydrogen) atoms. The van der Waals surface area contributed by atoms with Crippen LogP contribution in [0.3, 0.4) is 0 Å². The first-order chi connectivity index (χ1) is 31.0. The molecule has 306 valence electrons. The second kappa shape index (κ2) is 22.1. The van der Waals surface area contributed by atoms with Gasteiger partial charge in [0.1, 0.15) is 0 Å². The van der Waals surface area contributed by atoms with Gasteiger partial charge in [-0.3, -0.25) is 0 Å². The van der Waals surface area contributed by atoms with Crippen molar-refractivity contribution in [2.75, 3.05) is 0 Å². The third kappa shape index (κ3) is 9.91. The van der Waals surface area contributed by atoms with Gasteiger partial charge in [0.05, 0.1) is 0 Å². The first kappa shape index (κ1) is 46.1. The molecule has 0 radical (unpaired) electrons. The Morgan fingerprint density at radius 2 is 1.11 bits per heavy atom. The molecular weight excluding hydrogens is 796 g/mol. The van der Waals surface area contributed by atoms with E-state index in [-0.39, 0.29) is 56.8 Å². The molecule has 10 rings (SSSR count). The molecule has 0 fully saturated rings. The largest absolute Gasteiger partial charge is 1.00 e. The van der Waals surface area contributed by atoms with Crippen LogP contribution in [-0.4, -0.2) is 0 Å². The van der Waals surface area contributed by atoms with Crippen LogP contribution in [-0.2, 0) is 5.41 Å². The van der Waals surface area contributed by atoms with Gasteiger partial charge in [-0.2, -0.15) is 60.7 Å². The summed E-state index contributed by atoms with van der Waals surface area (Å²) in [7, 11) is 0. The Kier molecular flexibility index (Phi) is 15.9. The molecule has 0 amide bonds. The predicted octanol–water partition coefficient (Wildman–Crippen LogP) is 13.3. The zero-order chi connectivity index (χ0) is 43.4. The molecule has 0 spiro atoms. The van der Waals surface area contributed by atoms with Crippen LogP contribution in [0.4, 0.5) is 0 Å². The van der Waals surface area contributed by atoms with Gasteiger partial charge in [0, 0.05) is 5.41 Å². The molecule has 0 heterocycles. The van der Waals surface area contributed by atoms with Gasteiger partial charge in [0.2, 0.25) is 0 Å². The number of hydrogen-bond donors (Lipinski definition) is 0. The molecule has 8 aromatic carbocycles. The average Bonchev–Trinajstić information content (AvgIpc) is 3.66. The van der Waals surface area contributed by atoms with Crippen LogP contribution >= 0.6 is 0 Å². The van der Waals surface area contributed by atoms with Crippen LogP contribution in [0.1, 0.15) is 51.8 Å². The van der Waals surface area contributed by atoms with Gasteiger partial charge in [-0.25, -0.2) is 0 Å². The number of benzene rings is 8. The first-order valence-corrected chi connectivity index (χ1v) is 21.7. The van der Waals surface area contributed by atoms with Crippen molar-refractivity contribution >= 4 is 11.1 Å². The van der Waals surface area contributed by atoms with E-state index in [1.54, 1.807) is 0 Å². The van der Waals surface area contributed by atoms with Crippen molar-refractivity contribution in [2.45, 2.75) is 32.1 Å². The summed E-state index contributed by atoms with van der Waals surface area (Å²) in [5.41, 5.74) is 20.0. The van der Waals surface area contributed by atoms with Crippen LogP contribution < -0.4 is 51.4 Å². The summed E-state index contributed by atoms with van der Waals surface area (Å²) < 4.78 is 0. The monoisotopic (exact) mass is 846 g/mol. The van der Waals surface area contributed by atoms with Crippen molar-refractivity contribution in [1.29, 1.82) is 0 Å². The molecule has 2 aliphatic rings. The van der Waals surface area contributed by atoms with Crippen molar-refractivity contribution in [1.82, 2.24) is 0 Å². The quantitative estimate of drug-likeness (QED) is 0.0812. The smallest absolute Gasteiger partial charge is 0.184 e. The molecule has 0 nitrogen and oxygen atoms in total. The number of fused-ring (bicyclic) bond motifs is 3. The van der Waals surface area contributed by atoms with Gasteiger partial charge in [0.25, 0.3) is 0 Å². The summed E-state index contributed by atoms with van der Waals surface area (Å²) in [5.74, 6) is 0. The minimum atomic E-state index is -0.324. The van der Waals surface area contributed by atoms with Gasteiger partial charge >= 0.3 is 51.4 Å². The number of allylic oxidation sites excluding steroid dienone is 8. The summed E-state index contributed by atoms with van der Waals surface area (Å²) in [5, 5.41) is 0. The van der Waals surface area contributed by atoms with E-state index in [2.05, 4.69) is 203 Å². The SMILES string of the molecule is C=C/C=C(\C=C)c1ccc(C2(c3ccccc3)C3=CCCC=C3c3[c-]cccc32)cc1.Cc1ccccc1-c1ccc(-c2cc[c-]cc2)cc1C.[K+].[c-]1ccc(-c2ccccc2)cc1. The Morgan fingerprint density at radius 1 is 0.531 bits per heavy atom. The number of aryl methyl sites for hydroxylation is 2. The van der Waals surface area contributed by atoms with E-state index >= 15 is 0 Å². The Morgan fingerprint density at radius 3 is 1.75 bits per heavy atom. The van der Waals surface area contributed by atoms with Crippen LogP contribution in [0.5, 0.6) is 0 Å².